The maximum absolute atomic E-state index is 12.2. The first kappa shape index (κ1) is 13.4. The van der Waals surface area contributed by atoms with Gasteiger partial charge in [0.05, 0.1) is 24.4 Å². The zero-order chi connectivity index (χ0) is 13.3. The van der Waals surface area contributed by atoms with Crippen LogP contribution in [-0.2, 0) is 19.6 Å². The highest BCUT2D eigenvalue weighted by molar-refractivity contribution is 7.91. The van der Waals surface area contributed by atoms with E-state index in [1.165, 1.54) is 6.20 Å². The average molecular weight is 292 g/mol. The van der Waals surface area contributed by atoms with Crippen molar-refractivity contribution >= 4 is 27.3 Å². The maximum Gasteiger partial charge on any atom is 0.334 e. The van der Waals surface area contributed by atoms with Crippen molar-refractivity contribution in [3.8, 4) is 0 Å². The second-order valence-electron chi connectivity index (χ2n) is 3.76. The number of carboxylic acids is 1. The van der Waals surface area contributed by atoms with Gasteiger partial charge in [0, 0.05) is 6.54 Å². The molecular weight excluding hydrogens is 280 g/mol. The number of aryl methyl sites for hydroxylation is 1. The second-order valence-corrected chi connectivity index (χ2v) is 7.16. The van der Waals surface area contributed by atoms with Gasteiger partial charge in [0.1, 0.15) is 0 Å². The van der Waals surface area contributed by atoms with Gasteiger partial charge in [-0.2, -0.15) is 4.31 Å². The molecule has 0 aromatic carbocycles. The highest BCUT2D eigenvalue weighted by Gasteiger charge is 2.34. The molecule has 1 aromatic rings. The molecular formula is C9H12N2O5S2. The fourth-order valence-corrected chi connectivity index (χ4v) is 4.27. The molecule has 0 spiro atoms. The smallest absolute Gasteiger partial charge is 0.334 e. The summed E-state index contributed by atoms with van der Waals surface area (Å²) >= 11 is 1.07. The third kappa shape index (κ3) is 2.53. The Balaban J connectivity index is 2.22. The average Bonchev–Trinajstić information content (AvgIpc) is 2.77. The Hall–Kier alpha value is -1.03. The van der Waals surface area contributed by atoms with Crippen molar-refractivity contribution in [2.24, 2.45) is 0 Å². The molecule has 0 amide bonds. The SMILES string of the molecule is Cc1ncc(S(=O)(=O)N2CCOC(C(=O)O)C2)s1. The number of morpholine rings is 1. The summed E-state index contributed by atoms with van der Waals surface area (Å²) in [5, 5.41) is 9.49. The molecule has 1 aromatic heterocycles. The summed E-state index contributed by atoms with van der Waals surface area (Å²) in [6.45, 7) is 1.77. The molecule has 2 rings (SSSR count). The van der Waals surface area contributed by atoms with E-state index < -0.39 is 22.1 Å². The van der Waals surface area contributed by atoms with Crippen LogP contribution in [0.2, 0.25) is 0 Å². The van der Waals surface area contributed by atoms with Gasteiger partial charge in [-0.05, 0) is 6.92 Å². The van der Waals surface area contributed by atoms with Crippen LogP contribution in [0, 0.1) is 6.92 Å². The van der Waals surface area contributed by atoms with E-state index in [1.54, 1.807) is 6.92 Å². The van der Waals surface area contributed by atoms with E-state index >= 15 is 0 Å². The fraction of sp³-hybridized carbons (Fsp3) is 0.556. The van der Waals surface area contributed by atoms with Crippen molar-refractivity contribution in [2.45, 2.75) is 17.2 Å². The van der Waals surface area contributed by atoms with Crippen molar-refractivity contribution in [1.82, 2.24) is 9.29 Å². The lowest BCUT2D eigenvalue weighted by atomic mass is 10.3. The first-order chi connectivity index (χ1) is 8.41. The molecule has 1 saturated heterocycles. The molecule has 0 aliphatic carbocycles. The van der Waals surface area contributed by atoms with Gasteiger partial charge in [0.15, 0.2) is 10.3 Å². The number of rotatable bonds is 3. The molecule has 1 N–H and O–H groups in total. The minimum absolute atomic E-state index is 0.0774. The fourth-order valence-electron chi connectivity index (χ4n) is 1.58. The van der Waals surface area contributed by atoms with Crippen LogP contribution in [0.3, 0.4) is 0 Å². The highest BCUT2D eigenvalue weighted by Crippen LogP contribution is 2.23. The number of carboxylic acid groups (broad SMARTS) is 1. The predicted molar refractivity (Wildman–Crippen MR) is 63.0 cm³/mol. The molecule has 1 fully saturated rings. The first-order valence-electron chi connectivity index (χ1n) is 5.18. The number of nitrogens with zero attached hydrogens (tertiary/aromatic N) is 2. The van der Waals surface area contributed by atoms with E-state index in [0.29, 0.717) is 5.01 Å². The van der Waals surface area contributed by atoms with Crippen LogP contribution in [0.1, 0.15) is 5.01 Å². The van der Waals surface area contributed by atoms with Gasteiger partial charge in [-0.15, -0.1) is 11.3 Å². The normalized spacial score (nSPS) is 21.9. The lowest BCUT2D eigenvalue weighted by Crippen LogP contribution is -2.48. The Morgan fingerprint density at radius 3 is 2.94 bits per heavy atom. The second kappa shape index (κ2) is 4.92. The highest BCUT2D eigenvalue weighted by atomic mass is 32.2. The van der Waals surface area contributed by atoms with Crippen molar-refractivity contribution in [2.75, 3.05) is 19.7 Å². The Labute approximate surface area is 108 Å². The Morgan fingerprint density at radius 1 is 1.67 bits per heavy atom. The molecule has 9 heteroatoms. The largest absolute Gasteiger partial charge is 0.479 e. The predicted octanol–water partition coefficient (Wildman–Crippen LogP) is -0.0744. The van der Waals surface area contributed by atoms with E-state index in [0.717, 1.165) is 15.6 Å². The minimum atomic E-state index is -3.66. The topological polar surface area (TPSA) is 96.8 Å². The Bertz CT molecular complexity index is 553. The van der Waals surface area contributed by atoms with E-state index in [4.69, 9.17) is 9.84 Å². The van der Waals surface area contributed by atoms with Crippen LogP contribution in [0.5, 0.6) is 0 Å². The number of aliphatic carboxylic acids is 1. The summed E-state index contributed by atoms with van der Waals surface area (Å²) in [7, 11) is -3.66. The monoisotopic (exact) mass is 292 g/mol. The summed E-state index contributed by atoms with van der Waals surface area (Å²) in [4.78, 5) is 14.7. The van der Waals surface area contributed by atoms with Gasteiger partial charge in [-0.3, -0.25) is 0 Å². The molecule has 0 radical (unpaired) electrons. The quantitative estimate of drug-likeness (QED) is 0.837. The van der Waals surface area contributed by atoms with Crippen LogP contribution in [0.25, 0.3) is 0 Å². The van der Waals surface area contributed by atoms with Crippen molar-refractivity contribution in [3.05, 3.63) is 11.2 Å². The zero-order valence-electron chi connectivity index (χ0n) is 9.57. The van der Waals surface area contributed by atoms with Gasteiger partial charge in [-0.25, -0.2) is 18.2 Å². The van der Waals surface area contributed by atoms with Crippen LogP contribution in [0.15, 0.2) is 10.4 Å². The Morgan fingerprint density at radius 2 is 2.39 bits per heavy atom. The Kier molecular flexibility index (Phi) is 3.66. The standard InChI is InChI=1S/C9H12N2O5S2/c1-6-10-4-8(17-6)18(14,15)11-2-3-16-7(5-11)9(12)13/h4,7H,2-3,5H2,1H3,(H,12,13). The zero-order valence-corrected chi connectivity index (χ0v) is 11.2. The lowest BCUT2D eigenvalue weighted by Gasteiger charge is -2.29. The molecule has 100 valence electrons. The van der Waals surface area contributed by atoms with Gasteiger partial charge in [0.25, 0.3) is 10.0 Å². The molecule has 0 saturated carbocycles. The number of hydrogen-bond donors (Lipinski definition) is 1. The summed E-state index contributed by atoms with van der Waals surface area (Å²) in [6.07, 6.45) is 0.183. The van der Waals surface area contributed by atoms with Crippen LogP contribution in [-0.4, -0.2) is 54.6 Å². The van der Waals surface area contributed by atoms with Crippen LogP contribution < -0.4 is 0 Å². The molecule has 0 bridgehead atoms. The van der Waals surface area contributed by atoms with Crippen molar-refractivity contribution < 1.29 is 23.1 Å². The van der Waals surface area contributed by atoms with Gasteiger partial charge < -0.3 is 9.84 Å². The molecule has 1 aliphatic rings. The lowest BCUT2D eigenvalue weighted by molar-refractivity contribution is -0.153. The van der Waals surface area contributed by atoms with E-state index in [2.05, 4.69) is 4.98 Å². The van der Waals surface area contributed by atoms with Gasteiger partial charge in [0.2, 0.25) is 0 Å². The number of hydrogen-bond acceptors (Lipinski definition) is 6. The third-order valence-corrected chi connectivity index (χ3v) is 5.71. The molecule has 7 nitrogen and oxygen atoms in total. The van der Waals surface area contributed by atoms with Crippen molar-refractivity contribution in [1.29, 1.82) is 0 Å². The minimum Gasteiger partial charge on any atom is -0.479 e. The van der Waals surface area contributed by atoms with E-state index in [-0.39, 0.29) is 23.9 Å². The number of carbonyl (C=O) groups is 1. The summed E-state index contributed by atoms with van der Waals surface area (Å²) in [5.74, 6) is -1.16. The van der Waals surface area contributed by atoms with E-state index in [1.807, 2.05) is 0 Å². The van der Waals surface area contributed by atoms with Gasteiger partial charge in [-0.1, -0.05) is 0 Å². The molecule has 1 unspecified atom stereocenters. The first-order valence-corrected chi connectivity index (χ1v) is 7.44. The van der Waals surface area contributed by atoms with E-state index in [9.17, 15) is 13.2 Å². The number of thiazole rings is 1. The van der Waals surface area contributed by atoms with Crippen LogP contribution in [0.4, 0.5) is 0 Å². The number of sulfonamides is 1. The summed E-state index contributed by atoms with van der Waals surface area (Å²) in [6, 6.07) is 0. The molecule has 18 heavy (non-hydrogen) atoms. The molecule has 1 aliphatic heterocycles. The van der Waals surface area contributed by atoms with Gasteiger partial charge >= 0.3 is 5.97 Å². The molecule has 2 heterocycles. The van der Waals surface area contributed by atoms with Crippen LogP contribution >= 0.6 is 11.3 Å². The van der Waals surface area contributed by atoms with Crippen molar-refractivity contribution in [3.63, 3.8) is 0 Å². The maximum atomic E-state index is 12.2. The third-order valence-electron chi connectivity index (χ3n) is 2.50. The number of aromatic nitrogens is 1. The number of ether oxygens (including phenoxy) is 1. The molecule has 1 atom stereocenters. The summed E-state index contributed by atoms with van der Waals surface area (Å²) in [5.41, 5.74) is 0. The summed E-state index contributed by atoms with van der Waals surface area (Å²) < 4.78 is 30.7.